The SMILES string of the molecule is CCOc1cc(CCCNC(=NC)NCc2cn3ccsc3n2)ccc1OC. The number of aliphatic imine (C=N–C) groups is 1. The minimum absolute atomic E-state index is 0.623. The lowest BCUT2D eigenvalue weighted by molar-refractivity contribution is 0.310. The van der Waals surface area contributed by atoms with E-state index in [1.807, 2.05) is 35.2 Å². The molecule has 150 valence electrons. The van der Waals surface area contributed by atoms with Crippen molar-refractivity contribution in [1.82, 2.24) is 20.0 Å². The predicted molar refractivity (Wildman–Crippen MR) is 114 cm³/mol. The first-order chi connectivity index (χ1) is 13.7. The van der Waals surface area contributed by atoms with Crippen molar-refractivity contribution >= 4 is 22.3 Å². The molecular formula is C20H27N5O2S. The maximum atomic E-state index is 5.64. The highest BCUT2D eigenvalue weighted by Gasteiger charge is 2.06. The monoisotopic (exact) mass is 401 g/mol. The third-order valence-corrected chi connectivity index (χ3v) is 5.04. The summed E-state index contributed by atoms with van der Waals surface area (Å²) in [5.74, 6) is 2.35. The highest BCUT2D eigenvalue weighted by Crippen LogP contribution is 2.28. The van der Waals surface area contributed by atoms with E-state index >= 15 is 0 Å². The molecule has 0 aliphatic rings. The van der Waals surface area contributed by atoms with Crippen LogP contribution in [0.25, 0.3) is 4.96 Å². The number of rotatable bonds is 9. The van der Waals surface area contributed by atoms with Crippen molar-refractivity contribution in [3.8, 4) is 11.5 Å². The maximum absolute atomic E-state index is 5.64. The number of thiazole rings is 1. The van der Waals surface area contributed by atoms with Crippen LogP contribution in [-0.4, -0.2) is 42.7 Å². The van der Waals surface area contributed by atoms with Gasteiger partial charge in [0.2, 0.25) is 0 Å². The molecule has 0 radical (unpaired) electrons. The van der Waals surface area contributed by atoms with E-state index in [0.717, 1.165) is 47.5 Å². The van der Waals surface area contributed by atoms with Gasteiger partial charge in [-0.25, -0.2) is 4.98 Å². The number of ether oxygens (including phenoxy) is 2. The highest BCUT2D eigenvalue weighted by atomic mass is 32.1. The van der Waals surface area contributed by atoms with E-state index in [0.29, 0.717) is 13.2 Å². The first-order valence-corrected chi connectivity index (χ1v) is 10.3. The number of aromatic nitrogens is 2. The molecule has 8 heteroatoms. The molecule has 1 aromatic carbocycles. The van der Waals surface area contributed by atoms with Crippen molar-refractivity contribution in [2.75, 3.05) is 27.3 Å². The zero-order valence-electron chi connectivity index (χ0n) is 16.6. The van der Waals surface area contributed by atoms with Crippen LogP contribution in [0.3, 0.4) is 0 Å². The summed E-state index contributed by atoms with van der Waals surface area (Å²) in [5.41, 5.74) is 2.23. The van der Waals surface area contributed by atoms with Crippen molar-refractivity contribution in [1.29, 1.82) is 0 Å². The lowest BCUT2D eigenvalue weighted by Gasteiger charge is -2.12. The van der Waals surface area contributed by atoms with Gasteiger partial charge in [0.05, 0.1) is 26.0 Å². The average Bonchev–Trinajstić information content (AvgIpc) is 3.30. The number of fused-ring (bicyclic) bond motifs is 1. The molecule has 0 spiro atoms. The quantitative estimate of drug-likeness (QED) is 0.327. The summed E-state index contributed by atoms with van der Waals surface area (Å²) in [6.45, 7) is 4.07. The zero-order chi connectivity index (χ0) is 19.8. The van der Waals surface area contributed by atoms with Gasteiger partial charge in [-0.05, 0) is 37.5 Å². The predicted octanol–water partition coefficient (Wildman–Crippen LogP) is 3.10. The van der Waals surface area contributed by atoms with E-state index in [9.17, 15) is 0 Å². The topological polar surface area (TPSA) is 72.2 Å². The molecule has 0 aliphatic carbocycles. The van der Waals surface area contributed by atoms with Gasteiger partial charge in [-0.15, -0.1) is 11.3 Å². The molecule has 0 saturated carbocycles. The summed E-state index contributed by atoms with van der Waals surface area (Å²) in [5, 5.41) is 8.69. The van der Waals surface area contributed by atoms with Gasteiger partial charge in [-0.2, -0.15) is 0 Å². The van der Waals surface area contributed by atoms with Crippen LogP contribution in [-0.2, 0) is 13.0 Å². The summed E-state index contributed by atoms with van der Waals surface area (Å²) in [6, 6.07) is 6.10. The standard InChI is InChI=1S/C20H27N5O2S/c1-4-27-18-12-15(7-8-17(18)26-3)6-5-9-22-19(21-2)23-13-16-14-25-10-11-28-20(25)24-16/h7-8,10-12,14H,4-6,9,13H2,1-3H3,(H2,21,22,23). The Hall–Kier alpha value is -2.74. The normalized spacial score (nSPS) is 11.6. The Morgan fingerprint density at radius 2 is 2.18 bits per heavy atom. The van der Waals surface area contributed by atoms with Gasteiger partial charge in [0.25, 0.3) is 0 Å². The molecular weight excluding hydrogens is 374 g/mol. The van der Waals surface area contributed by atoms with Crippen LogP contribution in [0.4, 0.5) is 0 Å². The maximum Gasteiger partial charge on any atom is 0.193 e. The number of guanidine groups is 1. The molecule has 0 fully saturated rings. The van der Waals surface area contributed by atoms with Crippen LogP contribution in [0, 0.1) is 0 Å². The van der Waals surface area contributed by atoms with Crippen LogP contribution in [0.15, 0.2) is 41.0 Å². The molecule has 0 amide bonds. The number of methoxy groups -OCH3 is 1. The molecule has 3 rings (SSSR count). The van der Waals surface area contributed by atoms with E-state index in [2.05, 4.69) is 32.7 Å². The van der Waals surface area contributed by atoms with Crippen molar-refractivity contribution in [3.05, 3.63) is 47.2 Å². The summed E-state index contributed by atoms with van der Waals surface area (Å²) < 4.78 is 13.0. The Balaban J connectivity index is 1.43. The Kier molecular flexibility index (Phi) is 7.13. The summed E-state index contributed by atoms with van der Waals surface area (Å²) in [7, 11) is 3.44. The van der Waals surface area contributed by atoms with Crippen molar-refractivity contribution in [3.63, 3.8) is 0 Å². The fourth-order valence-corrected chi connectivity index (χ4v) is 3.62. The summed E-state index contributed by atoms with van der Waals surface area (Å²) in [6.07, 6.45) is 5.98. The van der Waals surface area contributed by atoms with E-state index < -0.39 is 0 Å². The number of imidazole rings is 1. The molecule has 28 heavy (non-hydrogen) atoms. The van der Waals surface area contributed by atoms with E-state index in [1.54, 1.807) is 25.5 Å². The van der Waals surface area contributed by atoms with Crippen LogP contribution < -0.4 is 20.1 Å². The molecule has 2 aromatic heterocycles. The molecule has 0 unspecified atom stereocenters. The van der Waals surface area contributed by atoms with Gasteiger partial charge in [-0.3, -0.25) is 9.39 Å². The molecule has 3 aromatic rings. The number of benzene rings is 1. The van der Waals surface area contributed by atoms with E-state index in [-0.39, 0.29) is 0 Å². The molecule has 0 saturated heterocycles. The van der Waals surface area contributed by atoms with Crippen LogP contribution in [0.5, 0.6) is 11.5 Å². The van der Waals surface area contributed by atoms with Gasteiger partial charge >= 0.3 is 0 Å². The fourth-order valence-electron chi connectivity index (χ4n) is 2.90. The van der Waals surface area contributed by atoms with Gasteiger partial charge in [0.1, 0.15) is 0 Å². The molecule has 7 nitrogen and oxygen atoms in total. The lowest BCUT2D eigenvalue weighted by Crippen LogP contribution is -2.37. The summed E-state index contributed by atoms with van der Waals surface area (Å²) >= 11 is 1.63. The molecule has 0 aliphatic heterocycles. The van der Waals surface area contributed by atoms with Crippen molar-refractivity contribution < 1.29 is 9.47 Å². The number of nitrogens with one attached hydrogen (secondary N) is 2. The van der Waals surface area contributed by atoms with Crippen molar-refractivity contribution in [2.45, 2.75) is 26.3 Å². The Morgan fingerprint density at radius 3 is 2.93 bits per heavy atom. The van der Waals surface area contributed by atoms with Gasteiger partial charge in [0, 0.05) is 31.4 Å². The van der Waals surface area contributed by atoms with E-state index in [4.69, 9.17) is 9.47 Å². The number of aryl methyl sites for hydroxylation is 1. The van der Waals surface area contributed by atoms with E-state index in [1.165, 1.54) is 5.56 Å². The minimum atomic E-state index is 0.623. The van der Waals surface area contributed by atoms with Crippen molar-refractivity contribution in [2.24, 2.45) is 4.99 Å². The molecule has 0 bridgehead atoms. The second-order valence-electron chi connectivity index (χ2n) is 6.20. The number of hydrogen-bond donors (Lipinski definition) is 2. The van der Waals surface area contributed by atoms with Crippen LogP contribution in [0.1, 0.15) is 24.6 Å². The minimum Gasteiger partial charge on any atom is -0.493 e. The number of hydrogen-bond acceptors (Lipinski definition) is 5. The molecule has 0 atom stereocenters. The lowest BCUT2D eigenvalue weighted by atomic mass is 10.1. The Labute approximate surface area is 169 Å². The highest BCUT2D eigenvalue weighted by molar-refractivity contribution is 7.15. The Morgan fingerprint density at radius 1 is 1.29 bits per heavy atom. The van der Waals surface area contributed by atoms with Gasteiger partial charge in [0.15, 0.2) is 22.4 Å². The molecule has 2 N–H and O–H groups in total. The van der Waals surface area contributed by atoms with Crippen LogP contribution in [0.2, 0.25) is 0 Å². The number of nitrogens with zero attached hydrogens (tertiary/aromatic N) is 3. The first-order valence-electron chi connectivity index (χ1n) is 9.38. The average molecular weight is 402 g/mol. The Bertz CT molecular complexity index is 890. The van der Waals surface area contributed by atoms with Crippen LogP contribution >= 0.6 is 11.3 Å². The first kappa shape index (κ1) is 20.0. The summed E-state index contributed by atoms with van der Waals surface area (Å²) in [4.78, 5) is 9.85. The third kappa shape index (κ3) is 5.16. The molecule has 2 heterocycles. The largest absolute Gasteiger partial charge is 0.493 e. The van der Waals surface area contributed by atoms with Gasteiger partial charge in [-0.1, -0.05) is 6.07 Å². The fraction of sp³-hybridized carbons (Fsp3) is 0.400. The van der Waals surface area contributed by atoms with Gasteiger partial charge < -0.3 is 20.1 Å². The second-order valence-corrected chi connectivity index (χ2v) is 7.07. The second kappa shape index (κ2) is 9.98. The third-order valence-electron chi connectivity index (χ3n) is 4.27. The zero-order valence-corrected chi connectivity index (χ0v) is 17.4. The smallest absolute Gasteiger partial charge is 0.193 e.